The summed E-state index contributed by atoms with van der Waals surface area (Å²) in [5.74, 6) is -1.54. The molecule has 0 spiro atoms. The Morgan fingerprint density at radius 3 is 2.69 bits per heavy atom. The first kappa shape index (κ1) is 20.7. The summed E-state index contributed by atoms with van der Waals surface area (Å²) >= 11 is 0. The molecule has 0 unspecified atom stereocenters. The van der Waals surface area contributed by atoms with E-state index < -0.39 is 48.8 Å². The van der Waals surface area contributed by atoms with Crippen molar-refractivity contribution in [1.29, 1.82) is 0 Å². The van der Waals surface area contributed by atoms with Crippen molar-refractivity contribution in [2.45, 2.75) is 45.2 Å². The molecule has 29 heavy (non-hydrogen) atoms. The number of nitrogens with zero attached hydrogens (tertiary/aromatic N) is 4. The molecule has 0 radical (unpaired) electrons. The molecule has 0 aromatic carbocycles. The Balaban J connectivity index is 2.11. The first-order chi connectivity index (χ1) is 13.7. The molecule has 3 heterocycles. The zero-order chi connectivity index (χ0) is 21.3. The molecule has 4 atom stereocenters. The Labute approximate surface area is 163 Å². The quantitative estimate of drug-likeness (QED) is 0.615. The Hall–Kier alpha value is -3.06. The number of ether oxygens (including phenoxy) is 4. The number of aromatic nitrogens is 4. The van der Waals surface area contributed by atoms with Gasteiger partial charge >= 0.3 is 17.6 Å². The zero-order valence-electron chi connectivity index (χ0n) is 15.9. The van der Waals surface area contributed by atoms with Crippen molar-refractivity contribution in [3.05, 3.63) is 16.7 Å². The van der Waals surface area contributed by atoms with E-state index >= 15 is 0 Å². The molecule has 1 fully saturated rings. The average Bonchev–Trinajstić information content (AvgIpc) is 3.08. The third-order valence-electron chi connectivity index (χ3n) is 4.25. The molecule has 2 N–H and O–H groups in total. The van der Waals surface area contributed by atoms with Gasteiger partial charge in [-0.15, -0.1) is 0 Å². The molecule has 0 amide bonds. The topological polar surface area (TPSA) is 150 Å². The summed E-state index contributed by atoms with van der Waals surface area (Å²) in [6, 6.07) is 0. The number of fused-ring (bicyclic) bond motifs is 1. The second-order valence-electron chi connectivity index (χ2n) is 6.32. The van der Waals surface area contributed by atoms with E-state index in [1.807, 2.05) is 0 Å². The Kier molecular flexibility index (Phi) is 5.79. The van der Waals surface area contributed by atoms with Crippen LogP contribution in [0.1, 0.15) is 20.1 Å². The number of anilines is 1. The molecular formula is C16H20FN5O7. The minimum atomic E-state index is -1.87. The fourth-order valence-electron chi connectivity index (χ4n) is 3.11. The van der Waals surface area contributed by atoms with Crippen molar-refractivity contribution in [2.24, 2.45) is 0 Å². The number of hydrogen-bond donors (Lipinski definition) is 1. The van der Waals surface area contributed by atoms with Crippen LogP contribution in [0.15, 0.2) is 11.0 Å². The van der Waals surface area contributed by atoms with Gasteiger partial charge in [-0.2, -0.15) is 4.98 Å². The maximum Gasteiger partial charge on any atom is 0.334 e. The summed E-state index contributed by atoms with van der Waals surface area (Å²) in [7, 11) is 1.38. The van der Waals surface area contributed by atoms with Crippen molar-refractivity contribution in [3.8, 4) is 0 Å². The summed E-state index contributed by atoms with van der Waals surface area (Å²) in [6.07, 6.45) is -4.68. The molecule has 0 saturated carbocycles. The number of rotatable bonds is 6. The third kappa shape index (κ3) is 3.91. The van der Waals surface area contributed by atoms with Crippen LogP contribution in [0.3, 0.4) is 0 Å². The monoisotopic (exact) mass is 413 g/mol. The van der Waals surface area contributed by atoms with E-state index in [2.05, 4.69) is 9.97 Å². The molecule has 12 nitrogen and oxygen atoms in total. The van der Waals surface area contributed by atoms with Gasteiger partial charge in [0.05, 0.1) is 6.20 Å². The smallest absolute Gasteiger partial charge is 0.334 e. The lowest BCUT2D eigenvalue weighted by Crippen LogP contribution is -2.37. The Morgan fingerprint density at radius 2 is 2.07 bits per heavy atom. The summed E-state index contributed by atoms with van der Waals surface area (Å²) in [5, 5.41) is 0. The van der Waals surface area contributed by atoms with Gasteiger partial charge < -0.3 is 24.7 Å². The van der Waals surface area contributed by atoms with Gasteiger partial charge in [0, 0.05) is 21.0 Å². The van der Waals surface area contributed by atoms with Crippen molar-refractivity contribution in [1.82, 2.24) is 19.1 Å². The molecular weight excluding hydrogens is 393 g/mol. The van der Waals surface area contributed by atoms with Gasteiger partial charge in [-0.25, -0.2) is 18.7 Å². The van der Waals surface area contributed by atoms with E-state index in [0.29, 0.717) is 0 Å². The van der Waals surface area contributed by atoms with E-state index in [0.717, 1.165) is 18.4 Å². The fourth-order valence-corrected chi connectivity index (χ4v) is 3.11. The van der Waals surface area contributed by atoms with Gasteiger partial charge in [0.15, 0.2) is 24.2 Å². The predicted molar refractivity (Wildman–Crippen MR) is 94.2 cm³/mol. The van der Waals surface area contributed by atoms with Crippen molar-refractivity contribution < 1.29 is 32.9 Å². The highest BCUT2D eigenvalue weighted by Crippen LogP contribution is 2.35. The van der Waals surface area contributed by atoms with E-state index in [4.69, 9.17) is 24.7 Å². The number of carbonyl (C=O) groups is 2. The van der Waals surface area contributed by atoms with Crippen molar-refractivity contribution in [2.75, 3.05) is 19.5 Å². The van der Waals surface area contributed by atoms with Gasteiger partial charge in [-0.1, -0.05) is 0 Å². The number of hydrogen-bond acceptors (Lipinski definition) is 10. The number of halogens is 1. The van der Waals surface area contributed by atoms with Crippen molar-refractivity contribution >= 4 is 29.1 Å². The van der Waals surface area contributed by atoms with Crippen LogP contribution >= 0.6 is 0 Å². The first-order valence-electron chi connectivity index (χ1n) is 8.57. The predicted octanol–water partition coefficient (Wildman–Crippen LogP) is -0.491. The Morgan fingerprint density at radius 1 is 1.34 bits per heavy atom. The molecule has 2 aromatic heterocycles. The molecule has 1 aliphatic rings. The molecule has 0 aliphatic carbocycles. The number of nitrogen functional groups attached to an aromatic ring is 1. The van der Waals surface area contributed by atoms with E-state index in [1.54, 1.807) is 0 Å². The van der Waals surface area contributed by atoms with Crippen LogP contribution in [0.2, 0.25) is 0 Å². The third-order valence-corrected chi connectivity index (χ3v) is 4.25. The molecule has 1 saturated heterocycles. The van der Waals surface area contributed by atoms with Crippen LogP contribution in [-0.4, -0.2) is 63.1 Å². The SMILES string of the molecule is COCn1c(=O)n([C@@H]2O[C@H](COC(C)=O)[C@@H](F)[C@H]2OC(C)=O)c2nc(N)ncc21. The van der Waals surface area contributed by atoms with Crippen LogP contribution < -0.4 is 11.4 Å². The minimum Gasteiger partial charge on any atom is -0.463 e. The van der Waals surface area contributed by atoms with Crippen LogP contribution in [0, 0.1) is 0 Å². The zero-order valence-corrected chi connectivity index (χ0v) is 15.9. The second-order valence-corrected chi connectivity index (χ2v) is 6.32. The highest BCUT2D eigenvalue weighted by Gasteiger charge is 2.50. The van der Waals surface area contributed by atoms with E-state index in [-0.39, 0.29) is 23.8 Å². The molecule has 2 aromatic rings. The largest absolute Gasteiger partial charge is 0.463 e. The van der Waals surface area contributed by atoms with Gasteiger partial charge in [0.25, 0.3) is 0 Å². The number of alkyl halides is 1. The molecule has 13 heteroatoms. The average molecular weight is 413 g/mol. The highest BCUT2D eigenvalue weighted by atomic mass is 19.1. The standard InChI is InChI=1S/C16H20FN5O7/c1-7(23)27-5-10-11(17)12(28-8(2)24)14(29-10)22-13-9(4-19-15(18)20-13)21(6-26-3)16(22)25/h4,10-12,14H,5-6H2,1-3H3,(H2,18,19,20)/t10-,11-,12-,14-/m1/s1. The second kappa shape index (κ2) is 8.13. The number of nitrogens with two attached hydrogens (primary N) is 1. The summed E-state index contributed by atoms with van der Waals surface area (Å²) in [5.41, 5.74) is 5.28. The molecule has 1 aliphatic heterocycles. The molecule has 158 valence electrons. The van der Waals surface area contributed by atoms with Gasteiger partial charge in [-0.05, 0) is 0 Å². The van der Waals surface area contributed by atoms with Crippen LogP contribution in [0.5, 0.6) is 0 Å². The maximum atomic E-state index is 15.0. The highest BCUT2D eigenvalue weighted by molar-refractivity contribution is 5.72. The normalized spacial score (nSPS) is 24.0. The Bertz CT molecular complexity index is 990. The number of esters is 2. The molecule has 0 bridgehead atoms. The van der Waals surface area contributed by atoms with Crippen LogP contribution in [0.25, 0.3) is 11.2 Å². The van der Waals surface area contributed by atoms with E-state index in [9.17, 15) is 18.8 Å². The lowest BCUT2D eigenvalue weighted by molar-refractivity contribution is -0.154. The number of imidazole rings is 1. The van der Waals surface area contributed by atoms with Crippen LogP contribution in [0.4, 0.5) is 10.3 Å². The maximum absolute atomic E-state index is 15.0. The van der Waals surface area contributed by atoms with Gasteiger partial charge in [0.1, 0.15) is 25.0 Å². The van der Waals surface area contributed by atoms with Gasteiger partial charge in [-0.3, -0.25) is 14.2 Å². The molecule has 3 rings (SSSR count). The fraction of sp³-hybridized carbons (Fsp3) is 0.562. The van der Waals surface area contributed by atoms with Gasteiger partial charge in [0.2, 0.25) is 5.95 Å². The van der Waals surface area contributed by atoms with E-state index in [1.165, 1.54) is 17.9 Å². The summed E-state index contributed by atoms with van der Waals surface area (Å²) < 4.78 is 37.7. The summed E-state index contributed by atoms with van der Waals surface area (Å²) in [4.78, 5) is 43.5. The van der Waals surface area contributed by atoms with Crippen molar-refractivity contribution in [3.63, 3.8) is 0 Å². The summed E-state index contributed by atoms with van der Waals surface area (Å²) in [6.45, 7) is 1.69. The van der Waals surface area contributed by atoms with Crippen LogP contribution in [-0.2, 0) is 35.3 Å². The minimum absolute atomic E-state index is 0.0436. The first-order valence-corrected chi connectivity index (χ1v) is 8.57. The lowest BCUT2D eigenvalue weighted by atomic mass is 10.1. The number of carbonyl (C=O) groups excluding carboxylic acids is 2. The lowest BCUT2D eigenvalue weighted by Gasteiger charge is -2.19. The number of methoxy groups -OCH3 is 1.